The van der Waals surface area contributed by atoms with E-state index >= 15 is 0 Å². The molecule has 22 heavy (non-hydrogen) atoms. The van der Waals surface area contributed by atoms with Crippen LogP contribution in [0, 0.1) is 0 Å². The van der Waals surface area contributed by atoms with Crippen molar-refractivity contribution in [2.75, 3.05) is 21.3 Å². The lowest BCUT2D eigenvalue weighted by molar-refractivity contribution is -0.147. The van der Waals surface area contributed by atoms with E-state index in [1.807, 2.05) is 6.07 Å². The first-order valence-corrected chi connectivity index (χ1v) is 7.26. The normalized spacial score (nSPS) is 20.6. The first-order valence-electron chi connectivity index (χ1n) is 7.26. The lowest BCUT2D eigenvalue weighted by atomic mass is 9.98. The minimum Gasteiger partial charge on any atom is -0.493 e. The fourth-order valence-electron chi connectivity index (χ4n) is 2.94. The molecule has 0 aromatic heterocycles. The molecule has 2 unspecified atom stereocenters. The number of benzene rings is 1. The number of nitrogens with two attached hydrogens (primary N) is 1. The van der Waals surface area contributed by atoms with Gasteiger partial charge in [0.25, 0.3) is 0 Å². The van der Waals surface area contributed by atoms with Gasteiger partial charge < -0.3 is 24.7 Å². The van der Waals surface area contributed by atoms with Crippen LogP contribution < -0.4 is 19.9 Å². The summed E-state index contributed by atoms with van der Waals surface area (Å²) in [5.41, 5.74) is 7.95. The number of esters is 1. The molecule has 6 nitrogen and oxygen atoms in total. The summed E-state index contributed by atoms with van der Waals surface area (Å²) in [4.78, 5) is 11.4. The van der Waals surface area contributed by atoms with Crippen molar-refractivity contribution in [1.82, 2.24) is 0 Å². The van der Waals surface area contributed by atoms with Crippen LogP contribution in [-0.2, 0) is 16.0 Å². The number of carbonyl (C=O) groups excluding carboxylic acids is 1. The number of carbonyl (C=O) groups is 1. The molecular weight excluding hydrogens is 286 g/mol. The number of hydrogen-bond donors (Lipinski definition) is 1. The van der Waals surface area contributed by atoms with E-state index in [9.17, 15) is 4.79 Å². The third-order valence-electron chi connectivity index (χ3n) is 3.90. The third-order valence-corrected chi connectivity index (χ3v) is 3.90. The summed E-state index contributed by atoms with van der Waals surface area (Å²) < 4.78 is 21.8. The highest BCUT2D eigenvalue weighted by molar-refractivity contribution is 5.67. The second-order valence-corrected chi connectivity index (χ2v) is 5.35. The quantitative estimate of drug-likeness (QED) is 0.676. The van der Waals surface area contributed by atoms with Gasteiger partial charge in [-0.05, 0) is 18.9 Å². The molecule has 2 atom stereocenters. The average molecular weight is 309 g/mol. The Kier molecular flexibility index (Phi) is 5.13. The number of fused-ring (bicyclic) bond motifs is 1. The van der Waals surface area contributed by atoms with Crippen molar-refractivity contribution >= 4 is 5.97 Å². The molecule has 2 rings (SSSR count). The second kappa shape index (κ2) is 6.87. The van der Waals surface area contributed by atoms with Gasteiger partial charge in [-0.1, -0.05) is 0 Å². The Labute approximate surface area is 130 Å². The smallest absolute Gasteiger partial charge is 0.303 e. The number of rotatable bonds is 4. The van der Waals surface area contributed by atoms with Gasteiger partial charge in [0.15, 0.2) is 11.5 Å². The van der Waals surface area contributed by atoms with Gasteiger partial charge >= 0.3 is 5.97 Å². The van der Waals surface area contributed by atoms with Gasteiger partial charge in [-0.2, -0.15) is 0 Å². The van der Waals surface area contributed by atoms with Gasteiger partial charge in [0.2, 0.25) is 5.75 Å². The molecule has 0 aliphatic heterocycles. The van der Waals surface area contributed by atoms with E-state index in [2.05, 4.69) is 0 Å². The molecule has 0 saturated carbocycles. The van der Waals surface area contributed by atoms with E-state index < -0.39 is 6.10 Å². The molecule has 0 radical (unpaired) electrons. The molecule has 1 aliphatic carbocycles. The average Bonchev–Trinajstić information content (AvgIpc) is 2.64. The monoisotopic (exact) mass is 309 g/mol. The Morgan fingerprint density at radius 3 is 2.41 bits per heavy atom. The van der Waals surface area contributed by atoms with Crippen LogP contribution in [-0.4, -0.2) is 33.3 Å². The fraction of sp³-hybridized carbons (Fsp3) is 0.562. The summed E-state index contributed by atoms with van der Waals surface area (Å²) in [6.45, 7) is 1.40. The van der Waals surface area contributed by atoms with Gasteiger partial charge in [-0.25, -0.2) is 0 Å². The summed E-state index contributed by atoms with van der Waals surface area (Å²) in [6.07, 6.45) is 1.69. The lowest BCUT2D eigenvalue weighted by Gasteiger charge is -2.23. The summed E-state index contributed by atoms with van der Waals surface area (Å²) in [5, 5.41) is 0. The molecule has 0 fully saturated rings. The number of hydrogen-bond acceptors (Lipinski definition) is 6. The lowest BCUT2D eigenvalue weighted by Crippen LogP contribution is -2.23. The van der Waals surface area contributed by atoms with Crippen molar-refractivity contribution in [1.29, 1.82) is 0 Å². The zero-order valence-corrected chi connectivity index (χ0v) is 13.5. The molecule has 0 saturated heterocycles. The van der Waals surface area contributed by atoms with Gasteiger partial charge in [0.05, 0.1) is 21.3 Å². The second-order valence-electron chi connectivity index (χ2n) is 5.35. The molecule has 6 heteroatoms. The Balaban J connectivity index is 2.62. The molecule has 2 N–H and O–H groups in total. The van der Waals surface area contributed by atoms with E-state index in [1.54, 1.807) is 21.3 Å². The first kappa shape index (κ1) is 16.4. The zero-order chi connectivity index (χ0) is 16.3. The Morgan fingerprint density at radius 2 is 1.86 bits per heavy atom. The van der Waals surface area contributed by atoms with Crippen LogP contribution in [0.1, 0.15) is 37.0 Å². The standard InChI is InChI=1S/C16H23NO5/c1-9(18)22-13-7-10(17)5-6-11-12(13)8-14(19-2)16(21-4)15(11)20-3/h8,10,13H,5-7,17H2,1-4H3. The van der Waals surface area contributed by atoms with Crippen molar-refractivity contribution in [2.24, 2.45) is 5.73 Å². The predicted octanol–water partition coefficient (Wildman–Crippen LogP) is 1.98. The van der Waals surface area contributed by atoms with E-state index in [4.69, 9.17) is 24.7 Å². The minimum atomic E-state index is -0.404. The van der Waals surface area contributed by atoms with Crippen molar-refractivity contribution in [3.05, 3.63) is 17.2 Å². The third kappa shape index (κ3) is 3.11. The van der Waals surface area contributed by atoms with Crippen molar-refractivity contribution in [2.45, 2.75) is 38.3 Å². The molecule has 1 aromatic rings. The largest absolute Gasteiger partial charge is 0.493 e. The van der Waals surface area contributed by atoms with Crippen LogP contribution in [0.5, 0.6) is 17.2 Å². The first-order chi connectivity index (χ1) is 10.5. The molecular formula is C16H23NO5. The van der Waals surface area contributed by atoms with Crippen molar-refractivity contribution in [3.63, 3.8) is 0 Å². The Bertz CT molecular complexity index is 558. The minimum absolute atomic E-state index is 0.0431. The SMILES string of the molecule is COc1cc2c(c(OC)c1OC)CCC(N)CC2OC(C)=O. The van der Waals surface area contributed by atoms with Crippen molar-refractivity contribution in [3.8, 4) is 17.2 Å². The van der Waals surface area contributed by atoms with Crippen LogP contribution in [0.15, 0.2) is 6.07 Å². The highest BCUT2D eigenvalue weighted by atomic mass is 16.5. The molecule has 0 bridgehead atoms. The van der Waals surface area contributed by atoms with Crippen LogP contribution in [0.4, 0.5) is 0 Å². The Hall–Kier alpha value is -1.95. The van der Waals surface area contributed by atoms with Gasteiger partial charge in [-0.3, -0.25) is 4.79 Å². The maximum Gasteiger partial charge on any atom is 0.303 e. The molecule has 0 heterocycles. The Morgan fingerprint density at radius 1 is 1.18 bits per heavy atom. The van der Waals surface area contributed by atoms with Gasteiger partial charge in [0, 0.05) is 30.5 Å². The maximum atomic E-state index is 11.4. The molecule has 0 spiro atoms. The van der Waals surface area contributed by atoms with E-state index in [0.29, 0.717) is 23.7 Å². The fourth-order valence-corrected chi connectivity index (χ4v) is 2.94. The number of ether oxygens (including phenoxy) is 4. The summed E-state index contributed by atoms with van der Waals surface area (Å²) in [6, 6.07) is 1.81. The molecule has 122 valence electrons. The molecule has 1 aromatic carbocycles. The highest BCUT2D eigenvalue weighted by Gasteiger charge is 2.30. The number of methoxy groups -OCH3 is 3. The topological polar surface area (TPSA) is 80.0 Å². The summed E-state index contributed by atoms with van der Waals surface area (Å²) >= 11 is 0. The summed E-state index contributed by atoms with van der Waals surface area (Å²) in [5.74, 6) is 1.37. The molecule has 0 amide bonds. The van der Waals surface area contributed by atoms with Crippen LogP contribution in [0.25, 0.3) is 0 Å². The van der Waals surface area contributed by atoms with Crippen LogP contribution in [0.2, 0.25) is 0 Å². The van der Waals surface area contributed by atoms with Gasteiger partial charge in [-0.15, -0.1) is 0 Å². The molecule has 1 aliphatic rings. The van der Waals surface area contributed by atoms with E-state index in [0.717, 1.165) is 24.0 Å². The van der Waals surface area contributed by atoms with Gasteiger partial charge in [0.1, 0.15) is 6.10 Å². The van der Waals surface area contributed by atoms with Crippen molar-refractivity contribution < 1.29 is 23.7 Å². The van der Waals surface area contributed by atoms with Crippen LogP contribution >= 0.6 is 0 Å². The predicted molar refractivity (Wildman–Crippen MR) is 81.5 cm³/mol. The zero-order valence-electron chi connectivity index (χ0n) is 13.5. The van der Waals surface area contributed by atoms with E-state index in [-0.39, 0.29) is 12.0 Å². The van der Waals surface area contributed by atoms with E-state index in [1.165, 1.54) is 6.92 Å². The highest BCUT2D eigenvalue weighted by Crippen LogP contribution is 2.46. The maximum absolute atomic E-state index is 11.4. The summed E-state index contributed by atoms with van der Waals surface area (Å²) in [7, 11) is 4.72. The van der Waals surface area contributed by atoms with Crippen LogP contribution in [0.3, 0.4) is 0 Å².